The summed E-state index contributed by atoms with van der Waals surface area (Å²) in [6, 6.07) is 3.83. The number of aliphatic hydroxyl groups is 1. The molecule has 0 saturated carbocycles. The third-order valence-corrected chi connectivity index (χ3v) is 4.08. The van der Waals surface area contributed by atoms with Crippen LogP contribution < -0.4 is 0 Å². The monoisotopic (exact) mass is 323 g/mol. The van der Waals surface area contributed by atoms with E-state index in [9.17, 15) is 5.11 Å². The van der Waals surface area contributed by atoms with Crippen molar-refractivity contribution in [3.63, 3.8) is 0 Å². The largest absolute Gasteiger partial charge is 0.386 e. The van der Waals surface area contributed by atoms with Crippen molar-refractivity contribution in [2.75, 3.05) is 0 Å². The van der Waals surface area contributed by atoms with Gasteiger partial charge in [0.15, 0.2) is 0 Å². The Morgan fingerprint density at radius 1 is 1.47 bits per heavy atom. The lowest BCUT2D eigenvalue weighted by Gasteiger charge is -2.11. The smallest absolute Gasteiger partial charge is 0.101 e. The van der Waals surface area contributed by atoms with Gasteiger partial charge in [0.25, 0.3) is 0 Å². The summed E-state index contributed by atoms with van der Waals surface area (Å²) in [5.74, 6) is 0. The molecule has 0 spiro atoms. The summed E-state index contributed by atoms with van der Waals surface area (Å²) in [5, 5.41) is 14.7. The standard InChI is InChI=1S/C14H18BrN3O/c1-4-10-14(15)12(18(3)17-10)8-13(19)11-7-9(2)5-6-16-11/h5-7,13,19H,4,8H2,1-3H3. The van der Waals surface area contributed by atoms with Crippen LogP contribution in [0, 0.1) is 6.92 Å². The number of hydrogen-bond acceptors (Lipinski definition) is 3. The van der Waals surface area contributed by atoms with Crippen LogP contribution >= 0.6 is 15.9 Å². The van der Waals surface area contributed by atoms with Gasteiger partial charge in [0, 0.05) is 19.7 Å². The van der Waals surface area contributed by atoms with Gasteiger partial charge in [-0.15, -0.1) is 0 Å². The minimum Gasteiger partial charge on any atom is -0.386 e. The molecule has 0 radical (unpaired) electrons. The van der Waals surface area contributed by atoms with Gasteiger partial charge >= 0.3 is 0 Å². The van der Waals surface area contributed by atoms with Crippen molar-refractivity contribution < 1.29 is 5.11 Å². The molecule has 2 heterocycles. The van der Waals surface area contributed by atoms with Crippen molar-refractivity contribution in [2.45, 2.75) is 32.8 Å². The van der Waals surface area contributed by atoms with Gasteiger partial charge in [0.05, 0.1) is 21.6 Å². The van der Waals surface area contributed by atoms with Crippen LogP contribution in [0.5, 0.6) is 0 Å². The fourth-order valence-corrected chi connectivity index (χ4v) is 2.85. The maximum absolute atomic E-state index is 10.3. The molecule has 19 heavy (non-hydrogen) atoms. The fraction of sp³-hybridized carbons (Fsp3) is 0.429. The van der Waals surface area contributed by atoms with E-state index in [0.29, 0.717) is 12.1 Å². The van der Waals surface area contributed by atoms with Gasteiger partial charge in [-0.25, -0.2) is 0 Å². The molecule has 2 rings (SSSR count). The zero-order valence-corrected chi connectivity index (χ0v) is 13.0. The van der Waals surface area contributed by atoms with E-state index < -0.39 is 6.10 Å². The normalized spacial score (nSPS) is 12.7. The molecule has 1 N–H and O–H groups in total. The molecular weight excluding hydrogens is 306 g/mol. The summed E-state index contributed by atoms with van der Waals surface area (Å²) >= 11 is 3.56. The highest BCUT2D eigenvalue weighted by Gasteiger charge is 2.18. The lowest BCUT2D eigenvalue weighted by Crippen LogP contribution is -2.08. The summed E-state index contributed by atoms with van der Waals surface area (Å²) in [4.78, 5) is 4.23. The molecule has 2 aromatic rings. The molecular formula is C14H18BrN3O. The molecule has 0 saturated heterocycles. The van der Waals surface area contributed by atoms with Crippen molar-refractivity contribution in [1.29, 1.82) is 0 Å². The molecule has 1 atom stereocenters. The maximum atomic E-state index is 10.3. The summed E-state index contributed by atoms with van der Waals surface area (Å²) in [6.07, 6.45) is 2.48. The second-order valence-corrected chi connectivity index (χ2v) is 5.46. The first-order valence-electron chi connectivity index (χ1n) is 6.33. The number of nitrogens with zero attached hydrogens (tertiary/aromatic N) is 3. The molecule has 0 aliphatic carbocycles. The van der Waals surface area contributed by atoms with Gasteiger partial charge in [0.2, 0.25) is 0 Å². The summed E-state index contributed by atoms with van der Waals surface area (Å²) in [6.45, 7) is 4.06. The van der Waals surface area contributed by atoms with Crippen molar-refractivity contribution in [3.05, 3.63) is 45.4 Å². The van der Waals surface area contributed by atoms with Crippen LogP contribution in [0.25, 0.3) is 0 Å². The highest BCUT2D eigenvalue weighted by atomic mass is 79.9. The van der Waals surface area contributed by atoms with Crippen molar-refractivity contribution in [3.8, 4) is 0 Å². The minimum atomic E-state index is -0.615. The molecule has 0 aliphatic rings. The van der Waals surface area contributed by atoms with Crippen LogP contribution in [0.2, 0.25) is 0 Å². The van der Waals surface area contributed by atoms with E-state index in [2.05, 4.69) is 32.9 Å². The Labute approximate surface area is 121 Å². The van der Waals surface area contributed by atoms with Gasteiger partial charge in [0.1, 0.15) is 6.10 Å². The van der Waals surface area contributed by atoms with Crippen LogP contribution in [-0.4, -0.2) is 19.9 Å². The highest BCUT2D eigenvalue weighted by molar-refractivity contribution is 9.10. The van der Waals surface area contributed by atoms with E-state index in [4.69, 9.17) is 0 Å². The highest BCUT2D eigenvalue weighted by Crippen LogP contribution is 2.26. The van der Waals surface area contributed by atoms with Gasteiger partial charge in [-0.3, -0.25) is 9.67 Å². The first-order valence-corrected chi connectivity index (χ1v) is 7.13. The summed E-state index contributed by atoms with van der Waals surface area (Å²) in [5.41, 5.74) is 3.81. The average molecular weight is 324 g/mol. The van der Waals surface area contributed by atoms with Gasteiger partial charge in [-0.2, -0.15) is 5.10 Å². The van der Waals surface area contributed by atoms with Crippen LogP contribution in [0.4, 0.5) is 0 Å². The van der Waals surface area contributed by atoms with E-state index in [1.807, 2.05) is 30.8 Å². The van der Waals surface area contributed by atoms with Gasteiger partial charge < -0.3 is 5.11 Å². The average Bonchev–Trinajstić information content (AvgIpc) is 2.66. The number of halogens is 1. The van der Waals surface area contributed by atoms with Crippen LogP contribution in [-0.2, 0) is 19.9 Å². The third kappa shape index (κ3) is 3.04. The molecule has 1 unspecified atom stereocenters. The molecule has 0 bridgehead atoms. The van der Waals surface area contributed by atoms with Gasteiger partial charge in [-0.05, 0) is 47.0 Å². The Bertz CT molecular complexity index is 580. The minimum absolute atomic E-state index is 0.501. The van der Waals surface area contributed by atoms with Crippen LogP contribution in [0.15, 0.2) is 22.8 Å². The SMILES string of the molecule is CCc1nn(C)c(CC(O)c2cc(C)ccn2)c1Br. The zero-order valence-electron chi connectivity index (χ0n) is 11.4. The predicted octanol–water partition coefficient (Wildman–Crippen LogP) is 2.72. The Kier molecular flexibility index (Phi) is 4.37. The molecule has 0 aliphatic heterocycles. The van der Waals surface area contributed by atoms with Crippen LogP contribution in [0.1, 0.15) is 35.7 Å². The molecule has 2 aromatic heterocycles. The number of rotatable bonds is 4. The predicted molar refractivity (Wildman–Crippen MR) is 77.9 cm³/mol. The van der Waals surface area contributed by atoms with E-state index in [-0.39, 0.29) is 0 Å². The Hall–Kier alpha value is -1.20. The third-order valence-electron chi connectivity index (χ3n) is 3.17. The number of aliphatic hydroxyl groups excluding tert-OH is 1. The topological polar surface area (TPSA) is 50.9 Å². The Morgan fingerprint density at radius 3 is 2.79 bits per heavy atom. The van der Waals surface area contributed by atoms with Gasteiger partial charge in [-0.1, -0.05) is 6.92 Å². The molecule has 0 aromatic carbocycles. The molecule has 5 heteroatoms. The first kappa shape index (κ1) is 14.2. The van der Waals surface area contributed by atoms with E-state index in [1.165, 1.54) is 0 Å². The maximum Gasteiger partial charge on any atom is 0.101 e. The van der Waals surface area contributed by atoms with Crippen molar-refractivity contribution in [2.24, 2.45) is 7.05 Å². The molecule has 102 valence electrons. The van der Waals surface area contributed by atoms with E-state index in [1.54, 1.807) is 6.20 Å². The number of hydrogen-bond donors (Lipinski definition) is 1. The Balaban J connectivity index is 2.24. The fourth-order valence-electron chi connectivity index (χ4n) is 2.07. The molecule has 0 fully saturated rings. The lowest BCUT2D eigenvalue weighted by molar-refractivity contribution is 0.170. The quantitative estimate of drug-likeness (QED) is 0.941. The van der Waals surface area contributed by atoms with Crippen molar-refractivity contribution in [1.82, 2.24) is 14.8 Å². The zero-order chi connectivity index (χ0) is 14.0. The lowest BCUT2D eigenvalue weighted by atomic mass is 10.1. The number of pyridine rings is 1. The first-order chi connectivity index (χ1) is 9.02. The second kappa shape index (κ2) is 5.84. The number of aromatic nitrogens is 3. The Morgan fingerprint density at radius 2 is 2.21 bits per heavy atom. The van der Waals surface area contributed by atoms with Crippen LogP contribution in [0.3, 0.4) is 0 Å². The molecule has 4 nitrogen and oxygen atoms in total. The van der Waals surface area contributed by atoms with E-state index in [0.717, 1.165) is 27.8 Å². The van der Waals surface area contributed by atoms with E-state index >= 15 is 0 Å². The number of aryl methyl sites for hydroxylation is 3. The summed E-state index contributed by atoms with van der Waals surface area (Å²) in [7, 11) is 1.90. The summed E-state index contributed by atoms with van der Waals surface area (Å²) < 4.78 is 2.81. The second-order valence-electron chi connectivity index (χ2n) is 4.66. The van der Waals surface area contributed by atoms with Crippen molar-refractivity contribution >= 4 is 15.9 Å². The molecule has 0 amide bonds.